The van der Waals surface area contributed by atoms with E-state index in [4.69, 9.17) is 15.2 Å². The summed E-state index contributed by atoms with van der Waals surface area (Å²) in [6.45, 7) is 0. The summed E-state index contributed by atoms with van der Waals surface area (Å²) in [5.74, 6) is -0.302. The zero-order valence-corrected chi connectivity index (χ0v) is 12.9. The van der Waals surface area contributed by atoms with Crippen LogP contribution >= 0.6 is 0 Å². The second kappa shape index (κ2) is 7.44. The largest absolute Gasteiger partial charge is 0.494 e. The summed E-state index contributed by atoms with van der Waals surface area (Å²) in [5, 5.41) is 0. The van der Waals surface area contributed by atoms with Crippen LogP contribution in [0.1, 0.15) is 22.5 Å². The lowest BCUT2D eigenvalue weighted by molar-refractivity contribution is 0.0601. The standard InChI is InChI=1S/C15H14F2N4O3/c1-23-12-6-19-11(14(16)17)3-8(12)10-5-20-13(21-7-18)4-9(10)15(22)24-2/h3-7,14H,1-2H3,(H2,18,20,21). The van der Waals surface area contributed by atoms with E-state index in [9.17, 15) is 13.6 Å². The lowest BCUT2D eigenvalue weighted by atomic mass is 10.0. The molecule has 0 saturated heterocycles. The highest BCUT2D eigenvalue weighted by Crippen LogP contribution is 2.35. The van der Waals surface area contributed by atoms with E-state index in [-0.39, 0.29) is 28.3 Å². The van der Waals surface area contributed by atoms with E-state index in [1.54, 1.807) is 0 Å². The fourth-order valence-electron chi connectivity index (χ4n) is 2.04. The normalized spacial score (nSPS) is 11.0. The molecule has 0 amide bonds. The number of pyridine rings is 2. The summed E-state index contributed by atoms with van der Waals surface area (Å²) < 4.78 is 35.8. The first-order valence-corrected chi connectivity index (χ1v) is 6.66. The van der Waals surface area contributed by atoms with Crippen LogP contribution in [0.2, 0.25) is 0 Å². The van der Waals surface area contributed by atoms with Crippen LogP contribution in [0, 0.1) is 0 Å². The average Bonchev–Trinajstić information content (AvgIpc) is 2.60. The number of carbonyl (C=O) groups excluding carboxylic acids is 1. The number of rotatable bonds is 5. The Kier molecular flexibility index (Phi) is 5.35. The van der Waals surface area contributed by atoms with Gasteiger partial charge in [-0.1, -0.05) is 0 Å². The summed E-state index contributed by atoms with van der Waals surface area (Å²) in [6.07, 6.45) is 0.710. The molecule has 0 unspecified atom stereocenters. The predicted octanol–water partition coefficient (Wildman–Crippen LogP) is 2.49. The fraction of sp³-hybridized carbons (Fsp3) is 0.200. The molecule has 2 heterocycles. The fourth-order valence-corrected chi connectivity index (χ4v) is 2.04. The quantitative estimate of drug-likeness (QED) is 0.511. The number of hydrogen-bond acceptors (Lipinski definition) is 6. The van der Waals surface area contributed by atoms with Gasteiger partial charge in [-0.2, -0.15) is 0 Å². The molecule has 2 aromatic rings. The van der Waals surface area contributed by atoms with Crippen molar-refractivity contribution in [1.82, 2.24) is 9.97 Å². The highest BCUT2D eigenvalue weighted by Gasteiger charge is 2.20. The van der Waals surface area contributed by atoms with Crippen molar-refractivity contribution in [1.29, 1.82) is 0 Å². The van der Waals surface area contributed by atoms with E-state index in [0.29, 0.717) is 0 Å². The molecule has 9 heteroatoms. The number of carbonyl (C=O) groups is 1. The summed E-state index contributed by atoms with van der Waals surface area (Å²) in [5.41, 5.74) is 5.32. The van der Waals surface area contributed by atoms with Crippen LogP contribution in [-0.4, -0.2) is 36.5 Å². The molecule has 2 aromatic heterocycles. The second-order valence-electron chi connectivity index (χ2n) is 4.47. The second-order valence-corrected chi connectivity index (χ2v) is 4.47. The van der Waals surface area contributed by atoms with Gasteiger partial charge in [-0.3, -0.25) is 4.98 Å². The minimum absolute atomic E-state index is 0.0813. The first-order chi connectivity index (χ1) is 11.5. The van der Waals surface area contributed by atoms with Gasteiger partial charge in [0.25, 0.3) is 6.43 Å². The topological polar surface area (TPSA) is 99.7 Å². The molecule has 24 heavy (non-hydrogen) atoms. The molecule has 0 aliphatic heterocycles. The van der Waals surface area contributed by atoms with Crippen LogP contribution < -0.4 is 10.5 Å². The first-order valence-electron chi connectivity index (χ1n) is 6.66. The third-order valence-corrected chi connectivity index (χ3v) is 3.12. The Hall–Kier alpha value is -3.10. The maximum absolute atomic E-state index is 12.9. The maximum Gasteiger partial charge on any atom is 0.338 e. The van der Waals surface area contributed by atoms with Crippen molar-refractivity contribution in [3.63, 3.8) is 0 Å². The van der Waals surface area contributed by atoms with Crippen LogP contribution in [0.3, 0.4) is 0 Å². The molecule has 0 aliphatic rings. The number of aromatic nitrogens is 2. The molecular weight excluding hydrogens is 322 g/mol. The Labute approximate surface area is 136 Å². The Morgan fingerprint density at radius 1 is 1.25 bits per heavy atom. The Balaban J connectivity index is 2.70. The molecule has 0 bridgehead atoms. The molecule has 7 nitrogen and oxygen atoms in total. The molecule has 0 saturated carbocycles. The summed E-state index contributed by atoms with van der Waals surface area (Å²) >= 11 is 0. The van der Waals surface area contributed by atoms with E-state index >= 15 is 0 Å². The summed E-state index contributed by atoms with van der Waals surface area (Å²) in [4.78, 5) is 23.5. The van der Waals surface area contributed by atoms with Crippen molar-refractivity contribution in [2.24, 2.45) is 10.7 Å². The molecule has 0 radical (unpaired) electrons. The van der Waals surface area contributed by atoms with Crippen LogP contribution in [0.25, 0.3) is 11.1 Å². The van der Waals surface area contributed by atoms with E-state index in [1.165, 1.54) is 26.5 Å². The van der Waals surface area contributed by atoms with E-state index in [2.05, 4.69) is 15.0 Å². The lowest BCUT2D eigenvalue weighted by Crippen LogP contribution is -2.05. The van der Waals surface area contributed by atoms with E-state index in [0.717, 1.165) is 18.6 Å². The van der Waals surface area contributed by atoms with Gasteiger partial charge in [-0.05, 0) is 12.1 Å². The number of nitrogens with two attached hydrogens (primary N) is 1. The minimum atomic E-state index is -2.77. The van der Waals surface area contributed by atoms with Gasteiger partial charge in [0.15, 0.2) is 5.82 Å². The number of esters is 1. The number of aliphatic imine (C=N–C) groups is 1. The molecule has 0 atom stereocenters. The molecule has 126 valence electrons. The zero-order valence-electron chi connectivity index (χ0n) is 12.9. The number of hydrogen-bond donors (Lipinski definition) is 1. The summed E-state index contributed by atoms with van der Waals surface area (Å²) in [7, 11) is 2.56. The molecule has 0 aliphatic carbocycles. The monoisotopic (exact) mass is 336 g/mol. The molecule has 0 fully saturated rings. The zero-order chi connectivity index (χ0) is 17.7. The molecule has 2 N–H and O–H groups in total. The van der Waals surface area contributed by atoms with Gasteiger partial charge in [0.1, 0.15) is 11.4 Å². The van der Waals surface area contributed by atoms with Crippen LogP contribution in [0.5, 0.6) is 5.75 Å². The number of ether oxygens (including phenoxy) is 2. The van der Waals surface area contributed by atoms with Gasteiger partial charge in [0.2, 0.25) is 0 Å². The number of halogens is 2. The lowest BCUT2D eigenvalue weighted by Gasteiger charge is -2.13. The van der Waals surface area contributed by atoms with Gasteiger partial charge < -0.3 is 15.2 Å². The van der Waals surface area contributed by atoms with Crippen LogP contribution in [-0.2, 0) is 4.74 Å². The average molecular weight is 336 g/mol. The SMILES string of the molecule is COC(=O)c1cc(N=CN)ncc1-c1cc(C(F)F)ncc1OC. The van der Waals surface area contributed by atoms with Gasteiger partial charge in [0, 0.05) is 17.3 Å². The van der Waals surface area contributed by atoms with Gasteiger partial charge in [0.05, 0.1) is 32.3 Å². The highest BCUT2D eigenvalue weighted by molar-refractivity contribution is 5.98. The Morgan fingerprint density at radius 2 is 2.00 bits per heavy atom. The molecular formula is C15H14F2N4O3. The van der Waals surface area contributed by atoms with Crippen molar-refractivity contribution in [3.8, 4) is 16.9 Å². The van der Waals surface area contributed by atoms with Crippen molar-refractivity contribution in [2.75, 3.05) is 14.2 Å². The van der Waals surface area contributed by atoms with E-state index in [1.807, 2.05) is 0 Å². The molecule has 0 aromatic carbocycles. The van der Waals surface area contributed by atoms with Crippen molar-refractivity contribution in [3.05, 3.63) is 35.8 Å². The third-order valence-electron chi connectivity index (χ3n) is 3.12. The number of methoxy groups -OCH3 is 2. The highest BCUT2D eigenvalue weighted by atomic mass is 19.3. The van der Waals surface area contributed by atoms with Crippen molar-refractivity contribution >= 4 is 18.1 Å². The van der Waals surface area contributed by atoms with Crippen LogP contribution in [0.4, 0.5) is 14.6 Å². The van der Waals surface area contributed by atoms with Gasteiger partial charge in [-0.25, -0.2) is 23.6 Å². The van der Waals surface area contributed by atoms with Gasteiger partial charge >= 0.3 is 5.97 Å². The maximum atomic E-state index is 12.9. The van der Waals surface area contributed by atoms with E-state index < -0.39 is 18.1 Å². The number of alkyl halides is 2. The molecule has 0 spiro atoms. The van der Waals surface area contributed by atoms with Crippen molar-refractivity contribution in [2.45, 2.75) is 6.43 Å². The van der Waals surface area contributed by atoms with Crippen LogP contribution in [0.15, 0.2) is 29.5 Å². The summed E-state index contributed by atoms with van der Waals surface area (Å²) in [6, 6.07) is 2.48. The smallest absolute Gasteiger partial charge is 0.338 e. The van der Waals surface area contributed by atoms with Crippen molar-refractivity contribution < 1.29 is 23.0 Å². The Bertz CT molecular complexity index is 781. The third kappa shape index (κ3) is 3.45. The predicted molar refractivity (Wildman–Crippen MR) is 82.7 cm³/mol. The minimum Gasteiger partial charge on any atom is -0.494 e. The Morgan fingerprint density at radius 3 is 2.58 bits per heavy atom. The number of nitrogens with zero attached hydrogens (tertiary/aromatic N) is 3. The first kappa shape index (κ1) is 17.3. The van der Waals surface area contributed by atoms with Gasteiger partial charge in [-0.15, -0.1) is 0 Å². The molecule has 2 rings (SSSR count).